The van der Waals surface area contributed by atoms with Gasteiger partial charge in [-0.25, -0.2) is 4.98 Å². The van der Waals surface area contributed by atoms with Gasteiger partial charge >= 0.3 is 0 Å². The van der Waals surface area contributed by atoms with Crippen molar-refractivity contribution >= 4 is 11.3 Å². The molecule has 0 aliphatic heterocycles. The summed E-state index contributed by atoms with van der Waals surface area (Å²) in [5.41, 5.74) is 0.926. The molecule has 0 saturated heterocycles. The van der Waals surface area contributed by atoms with Gasteiger partial charge in [0, 0.05) is 0 Å². The Morgan fingerprint density at radius 1 is 1.64 bits per heavy atom. The minimum Gasteiger partial charge on any atom is -0.463 e. The van der Waals surface area contributed by atoms with Gasteiger partial charge in [0.15, 0.2) is 0 Å². The van der Waals surface area contributed by atoms with E-state index in [1.165, 1.54) is 11.3 Å². The van der Waals surface area contributed by atoms with Gasteiger partial charge in [0.1, 0.15) is 10.8 Å². The Labute approximate surface area is 85.6 Å². The first-order valence-electron chi connectivity index (χ1n) is 4.18. The molecule has 14 heavy (non-hydrogen) atoms. The molecule has 2 aromatic rings. The summed E-state index contributed by atoms with van der Waals surface area (Å²) in [4.78, 5) is 5.31. The zero-order chi connectivity index (χ0) is 9.97. The second-order valence-electron chi connectivity index (χ2n) is 2.83. The second-order valence-corrected chi connectivity index (χ2v) is 3.92. The highest BCUT2D eigenvalue weighted by atomic mass is 32.1. The summed E-state index contributed by atoms with van der Waals surface area (Å²) >= 11 is 1.51. The standard InChI is InChI=1S/C10H8N2OS/c1-7-10(8-3-2-6-13-8)14-9(12-7)4-5-11/h2-3,6H,4H2,1H3. The molecule has 0 bridgehead atoms. The molecule has 0 radical (unpaired) electrons. The van der Waals surface area contributed by atoms with E-state index in [4.69, 9.17) is 9.68 Å². The number of nitriles is 1. The fraction of sp³-hybridized carbons (Fsp3) is 0.200. The zero-order valence-corrected chi connectivity index (χ0v) is 8.47. The Kier molecular flexibility index (Phi) is 2.33. The van der Waals surface area contributed by atoms with Crippen LogP contribution in [0.1, 0.15) is 10.7 Å². The van der Waals surface area contributed by atoms with Crippen molar-refractivity contribution in [1.82, 2.24) is 4.98 Å². The molecule has 0 saturated carbocycles. The van der Waals surface area contributed by atoms with Crippen LogP contribution >= 0.6 is 11.3 Å². The van der Waals surface area contributed by atoms with Crippen LogP contribution in [-0.2, 0) is 6.42 Å². The predicted octanol–water partition coefficient (Wildman–Crippen LogP) is 2.78. The number of aromatic nitrogens is 1. The van der Waals surface area contributed by atoms with Crippen molar-refractivity contribution < 1.29 is 4.42 Å². The first-order valence-corrected chi connectivity index (χ1v) is 5.00. The van der Waals surface area contributed by atoms with E-state index in [9.17, 15) is 0 Å². The van der Waals surface area contributed by atoms with Crippen molar-refractivity contribution in [2.45, 2.75) is 13.3 Å². The van der Waals surface area contributed by atoms with Gasteiger partial charge in [0.05, 0.1) is 29.3 Å². The highest BCUT2D eigenvalue weighted by Gasteiger charge is 2.10. The molecule has 0 amide bonds. The number of aryl methyl sites for hydroxylation is 1. The first kappa shape index (κ1) is 8.97. The average Bonchev–Trinajstić information content (AvgIpc) is 2.74. The largest absolute Gasteiger partial charge is 0.463 e. The Bertz CT molecular complexity index is 465. The lowest BCUT2D eigenvalue weighted by Gasteiger charge is -1.89. The predicted molar refractivity (Wildman–Crippen MR) is 53.9 cm³/mol. The van der Waals surface area contributed by atoms with E-state index >= 15 is 0 Å². The fourth-order valence-electron chi connectivity index (χ4n) is 1.23. The van der Waals surface area contributed by atoms with E-state index in [0.717, 1.165) is 21.3 Å². The first-order chi connectivity index (χ1) is 6.81. The summed E-state index contributed by atoms with van der Waals surface area (Å²) in [5.74, 6) is 0.823. The molecule has 0 aromatic carbocycles. The lowest BCUT2D eigenvalue weighted by Crippen LogP contribution is -1.78. The molecule has 4 heteroatoms. The van der Waals surface area contributed by atoms with Crippen LogP contribution in [0.2, 0.25) is 0 Å². The quantitative estimate of drug-likeness (QED) is 0.755. The second kappa shape index (κ2) is 3.64. The number of hydrogen-bond acceptors (Lipinski definition) is 4. The number of rotatable bonds is 2. The third-order valence-electron chi connectivity index (χ3n) is 1.82. The zero-order valence-electron chi connectivity index (χ0n) is 7.65. The van der Waals surface area contributed by atoms with E-state index in [-0.39, 0.29) is 0 Å². The molecule has 2 rings (SSSR count). The summed E-state index contributed by atoms with van der Waals surface area (Å²) < 4.78 is 5.28. The van der Waals surface area contributed by atoms with Gasteiger partial charge in [-0.1, -0.05) is 0 Å². The summed E-state index contributed by atoms with van der Waals surface area (Å²) in [6.07, 6.45) is 2.00. The molecular formula is C10H8N2OS. The number of thiazole rings is 1. The normalized spacial score (nSPS) is 10.0. The summed E-state index contributed by atoms with van der Waals surface area (Å²) in [5, 5.41) is 9.39. The van der Waals surface area contributed by atoms with Crippen LogP contribution in [0.25, 0.3) is 10.6 Å². The molecule has 0 fully saturated rings. The van der Waals surface area contributed by atoms with Gasteiger partial charge in [-0.3, -0.25) is 0 Å². The van der Waals surface area contributed by atoms with Crippen molar-refractivity contribution in [1.29, 1.82) is 5.26 Å². The Hall–Kier alpha value is -1.60. The van der Waals surface area contributed by atoms with Crippen molar-refractivity contribution in [3.63, 3.8) is 0 Å². The molecule has 0 unspecified atom stereocenters. The van der Waals surface area contributed by atoms with Gasteiger partial charge in [-0.2, -0.15) is 5.26 Å². The Balaban J connectivity index is 2.41. The smallest absolute Gasteiger partial charge is 0.145 e. The van der Waals surface area contributed by atoms with E-state index in [0.29, 0.717) is 6.42 Å². The van der Waals surface area contributed by atoms with E-state index < -0.39 is 0 Å². The third-order valence-corrected chi connectivity index (χ3v) is 2.99. The van der Waals surface area contributed by atoms with Gasteiger partial charge < -0.3 is 4.42 Å². The molecule has 0 spiro atoms. The van der Waals surface area contributed by atoms with Crippen LogP contribution in [-0.4, -0.2) is 4.98 Å². The van der Waals surface area contributed by atoms with Crippen LogP contribution in [0.5, 0.6) is 0 Å². The van der Waals surface area contributed by atoms with Crippen molar-refractivity contribution in [3.8, 4) is 16.7 Å². The Morgan fingerprint density at radius 3 is 3.14 bits per heavy atom. The van der Waals surface area contributed by atoms with Gasteiger partial charge in [0.2, 0.25) is 0 Å². The maximum Gasteiger partial charge on any atom is 0.145 e. The minimum atomic E-state index is 0.367. The maximum absolute atomic E-state index is 8.54. The third kappa shape index (κ3) is 1.54. The summed E-state index contributed by atoms with van der Waals surface area (Å²) in [7, 11) is 0. The van der Waals surface area contributed by atoms with E-state index in [1.54, 1.807) is 6.26 Å². The van der Waals surface area contributed by atoms with Crippen LogP contribution in [0, 0.1) is 18.3 Å². The van der Waals surface area contributed by atoms with Crippen LogP contribution in [0.3, 0.4) is 0 Å². The van der Waals surface area contributed by atoms with E-state index in [1.807, 2.05) is 19.1 Å². The highest BCUT2D eigenvalue weighted by molar-refractivity contribution is 7.15. The topological polar surface area (TPSA) is 49.8 Å². The average molecular weight is 204 g/mol. The van der Waals surface area contributed by atoms with E-state index in [2.05, 4.69) is 11.1 Å². The van der Waals surface area contributed by atoms with Crippen LogP contribution < -0.4 is 0 Å². The minimum absolute atomic E-state index is 0.367. The number of nitrogens with zero attached hydrogens (tertiary/aromatic N) is 2. The fourth-order valence-corrected chi connectivity index (χ4v) is 2.20. The molecule has 0 atom stereocenters. The van der Waals surface area contributed by atoms with Gasteiger partial charge in [0.25, 0.3) is 0 Å². The lowest BCUT2D eigenvalue weighted by molar-refractivity contribution is 0.583. The summed E-state index contributed by atoms with van der Waals surface area (Å²) in [6, 6.07) is 5.83. The molecule has 0 aliphatic rings. The molecule has 3 nitrogen and oxygen atoms in total. The highest BCUT2D eigenvalue weighted by Crippen LogP contribution is 2.30. The van der Waals surface area contributed by atoms with Crippen molar-refractivity contribution in [3.05, 3.63) is 29.1 Å². The maximum atomic E-state index is 8.54. The van der Waals surface area contributed by atoms with Crippen molar-refractivity contribution in [2.75, 3.05) is 0 Å². The van der Waals surface area contributed by atoms with Crippen LogP contribution in [0.4, 0.5) is 0 Å². The molecule has 0 aliphatic carbocycles. The SMILES string of the molecule is Cc1nc(CC#N)sc1-c1ccco1. The number of hydrogen-bond donors (Lipinski definition) is 0. The lowest BCUT2D eigenvalue weighted by atomic mass is 10.3. The van der Waals surface area contributed by atoms with Gasteiger partial charge in [-0.05, 0) is 19.1 Å². The molecule has 2 heterocycles. The summed E-state index contributed by atoms with van der Waals surface area (Å²) in [6.45, 7) is 1.93. The van der Waals surface area contributed by atoms with Gasteiger partial charge in [-0.15, -0.1) is 11.3 Å². The molecule has 0 N–H and O–H groups in total. The Morgan fingerprint density at radius 2 is 2.50 bits per heavy atom. The monoisotopic (exact) mass is 204 g/mol. The number of furan rings is 1. The molecule has 2 aromatic heterocycles. The van der Waals surface area contributed by atoms with Crippen LogP contribution in [0.15, 0.2) is 22.8 Å². The molecular weight excluding hydrogens is 196 g/mol. The van der Waals surface area contributed by atoms with Crippen molar-refractivity contribution in [2.24, 2.45) is 0 Å². The molecule has 70 valence electrons.